The molecule has 8 heteroatoms. The van der Waals surface area contributed by atoms with Gasteiger partial charge in [-0.15, -0.1) is 0 Å². The number of sulfonamides is 1. The molecule has 2 heterocycles. The Kier molecular flexibility index (Phi) is 5.12. The second-order valence-corrected chi connectivity index (χ2v) is 8.09. The smallest absolute Gasteiger partial charge is 0.307 e. The number of carbonyl (C=O) groups excluding carboxylic acids is 1. The van der Waals surface area contributed by atoms with Crippen LogP contribution in [0.25, 0.3) is 0 Å². The highest BCUT2D eigenvalue weighted by atomic mass is 32.2. The summed E-state index contributed by atoms with van der Waals surface area (Å²) in [7, 11) is -2.23. The second-order valence-electron chi connectivity index (χ2n) is 6.26. The van der Waals surface area contributed by atoms with E-state index in [0.29, 0.717) is 11.4 Å². The SMILES string of the molecule is Cc1nn(C)c(C)c1N(C(=O)c1ccc(C#Cc2ccccc2)o1)S(C)(=O)=O. The van der Waals surface area contributed by atoms with E-state index in [1.165, 1.54) is 16.8 Å². The zero-order valence-electron chi connectivity index (χ0n) is 15.9. The molecule has 0 atom stereocenters. The lowest BCUT2D eigenvalue weighted by Crippen LogP contribution is -2.36. The lowest BCUT2D eigenvalue weighted by molar-refractivity contribution is 0.0978. The molecule has 1 amide bonds. The van der Waals surface area contributed by atoms with E-state index in [2.05, 4.69) is 16.9 Å². The molecule has 0 fully saturated rings. The molecule has 0 bridgehead atoms. The lowest BCUT2D eigenvalue weighted by atomic mass is 10.2. The molecule has 0 aliphatic heterocycles. The van der Waals surface area contributed by atoms with E-state index in [1.54, 1.807) is 20.9 Å². The molecular weight excluding hydrogens is 378 g/mol. The van der Waals surface area contributed by atoms with Crippen LogP contribution in [0.15, 0.2) is 46.9 Å². The first-order valence-electron chi connectivity index (χ1n) is 8.40. The van der Waals surface area contributed by atoms with Crippen LogP contribution >= 0.6 is 0 Å². The van der Waals surface area contributed by atoms with Crippen molar-refractivity contribution in [2.24, 2.45) is 7.05 Å². The van der Waals surface area contributed by atoms with Crippen LogP contribution in [-0.2, 0) is 17.1 Å². The highest BCUT2D eigenvalue weighted by molar-refractivity contribution is 7.92. The molecule has 3 aromatic rings. The maximum Gasteiger partial charge on any atom is 0.307 e. The Morgan fingerprint density at radius 3 is 2.36 bits per heavy atom. The first-order chi connectivity index (χ1) is 13.2. The van der Waals surface area contributed by atoms with Crippen molar-refractivity contribution in [1.82, 2.24) is 9.78 Å². The summed E-state index contributed by atoms with van der Waals surface area (Å²) in [5.74, 6) is 5.10. The number of benzene rings is 1. The molecule has 3 rings (SSSR count). The summed E-state index contributed by atoms with van der Waals surface area (Å²) < 4.78 is 32.5. The number of anilines is 1. The third-order valence-electron chi connectivity index (χ3n) is 4.11. The molecule has 0 N–H and O–H groups in total. The standard InChI is InChI=1S/C20H19N3O4S/c1-14-19(15(2)22(3)21-14)23(28(4,25)26)20(24)18-13-12-17(27-18)11-10-16-8-6-5-7-9-16/h5-9,12-13H,1-4H3. The van der Waals surface area contributed by atoms with Gasteiger partial charge >= 0.3 is 5.91 Å². The zero-order valence-corrected chi connectivity index (χ0v) is 16.7. The molecule has 2 aromatic heterocycles. The van der Waals surface area contributed by atoms with E-state index in [0.717, 1.165) is 16.1 Å². The van der Waals surface area contributed by atoms with Crippen LogP contribution < -0.4 is 4.31 Å². The Labute approximate surface area is 163 Å². The average molecular weight is 397 g/mol. The monoisotopic (exact) mass is 397 g/mol. The number of furan rings is 1. The molecular formula is C20H19N3O4S. The Morgan fingerprint density at radius 1 is 1.11 bits per heavy atom. The number of amides is 1. The van der Waals surface area contributed by atoms with Crippen molar-refractivity contribution < 1.29 is 17.6 Å². The number of nitrogens with zero attached hydrogens (tertiary/aromatic N) is 3. The Balaban J connectivity index is 1.98. The highest BCUT2D eigenvalue weighted by Gasteiger charge is 2.33. The van der Waals surface area contributed by atoms with Crippen molar-refractivity contribution in [3.8, 4) is 11.8 Å². The van der Waals surface area contributed by atoms with Crippen molar-refractivity contribution in [3.05, 3.63) is 70.9 Å². The van der Waals surface area contributed by atoms with Gasteiger partial charge in [-0.3, -0.25) is 9.48 Å². The van der Waals surface area contributed by atoms with Gasteiger partial charge in [-0.1, -0.05) is 24.1 Å². The van der Waals surface area contributed by atoms with E-state index >= 15 is 0 Å². The van der Waals surface area contributed by atoms with Crippen molar-refractivity contribution >= 4 is 21.6 Å². The number of aromatic nitrogens is 2. The predicted octanol–water partition coefficient (Wildman–Crippen LogP) is 2.64. The van der Waals surface area contributed by atoms with Crippen LogP contribution in [0.2, 0.25) is 0 Å². The first kappa shape index (κ1) is 19.5. The minimum absolute atomic E-state index is 0.120. The van der Waals surface area contributed by atoms with Gasteiger partial charge in [-0.2, -0.15) is 9.40 Å². The van der Waals surface area contributed by atoms with E-state index in [1.807, 2.05) is 30.3 Å². The topological polar surface area (TPSA) is 85.4 Å². The molecule has 28 heavy (non-hydrogen) atoms. The number of rotatable bonds is 3. The fourth-order valence-electron chi connectivity index (χ4n) is 2.75. The molecule has 1 aromatic carbocycles. The van der Waals surface area contributed by atoms with Gasteiger partial charge in [0, 0.05) is 12.6 Å². The summed E-state index contributed by atoms with van der Waals surface area (Å²) in [5, 5.41) is 4.19. The molecule has 0 unspecified atom stereocenters. The lowest BCUT2D eigenvalue weighted by Gasteiger charge is -2.19. The van der Waals surface area contributed by atoms with Crippen LogP contribution in [0.3, 0.4) is 0 Å². The van der Waals surface area contributed by atoms with Gasteiger partial charge in [0.2, 0.25) is 10.0 Å². The predicted molar refractivity (Wildman–Crippen MR) is 105 cm³/mol. The minimum Gasteiger partial charge on any atom is -0.443 e. The number of hydrogen-bond acceptors (Lipinski definition) is 5. The quantitative estimate of drug-likeness (QED) is 0.634. The van der Waals surface area contributed by atoms with Gasteiger partial charge in [-0.25, -0.2) is 8.42 Å². The molecule has 0 aliphatic carbocycles. The van der Waals surface area contributed by atoms with Crippen molar-refractivity contribution in [2.75, 3.05) is 10.6 Å². The third kappa shape index (κ3) is 3.85. The largest absolute Gasteiger partial charge is 0.443 e. The maximum absolute atomic E-state index is 13.0. The van der Waals surface area contributed by atoms with Crippen LogP contribution in [0, 0.1) is 25.7 Å². The van der Waals surface area contributed by atoms with Crippen LogP contribution in [0.5, 0.6) is 0 Å². The molecule has 0 aliphatic rings. The van der Waals surface area contributed by atoms with Gasteiger partial charge in [0.05, 0.1) is 17.6 Å². The molecule has 0 spiro atoms. The van der Waals surface area contributed by atoms with E-state index in [4.69, 9.17) is 4.42 Å². The highest BCUT2D eigenvalue weighted by Crippen LogP contribution is 2.28. The molecule has 144 valence electrons. The Bertz CT molecular complexity index is 1200. The van der Waals surface area contributed by atoms with Crippen molar-refractivity contribution in [3.63, 3.8) is 0 Å². The zero-order chi connectivity index (χ0) is 20.5. The average Bonchev–Trinajstić information content (AvgIpc) is 3.20. The number of aryl methyl sites for hydroxylation is 2. The fourth-order valence-corrected chi connectivity index (χ4v) is 3.74. The molecule has 0 saturated heterocycles. The second kappa shape index (κ2) is 7.37. The summed E-state index contributed by atoms with van der Waals surface area (Å²) in [5.41, 5.74) is 2.00. The summed E-state index contributed by atoms with van der Waals surface area (Å²) in [6, 6.07) is 12.3. The molecule has 7 nitrogen and oxygen atoms in total. The van der Waals surface area contributed by atoms with E-state index in [9.17, 15) is 13.2 Å². The fraction of sp³-hybridized carbons (Fsp3) is 0.200. The van der Waals surface area contributed by atoms with Gasteiger partial charge in [0.1, 0.15) is 5.69 Å². The van der Waals surface area contributed by atoms with Crippen LogP contribution in [0.4, 0.5) is 5.69 Å². The van der Waals surface area contributed by atoms with Gasteiger partial charge in [0.15, 0.2) is 11.5 Å². The number of hydrogen-bond donors (Lipinski definition) is 0. The third-order valence-corrected chi connectivity index (χ3v) is 5.12. The minimum atomic E-state index is -3.91. The van der Waals surface area contributed by atoms with Gasteiger partial charge < -0.3 is 4.42 Å². The van der Waals surface area contributed by atoms with Crippen molar-refractivity contribution in [1.29, 1.82) is 0 Å². The van der Waals surface area contributed by atoms with Crippen molar-refractivity contribution in [2.45, 2.75) is 13.8 Å². The van der Waals surface area contributed by atoms with E-state index in [-0.39, 0.29) is 17.2 Å². The molecule has 0 radical (unpaired) electrons. The van der Waals surface area contributed by atoms with E-state index < -0.39 is 15.9 Å². The molecule has 0 saturated carbocycles. The normalized spacial score (nSPS) is 11.0. The Hall–Kier alpha value is -3.31. The Morgan fingerprint density at radius 2 is 1.79 bits per heavy atom. The first-order valence-corrected chi connectivity index (χ1v) is 10.2. The van der Waals surface area contributed by atoms with Crippen LogP contribution in [0.1, 0.15) is 33.3 Å². The summed E-state index contributed by atoms with van der Waals surface area (Å²) in [4.78, 5) is 13.0. The van der Waals surface area contributed by atoms with Gasteiger partial charge in [0.25, 0.3) is 0 Å². The van der Waals surface area contributed by atoms with Gasteiger partial charge in [-0.05, 0) is 44.0 Å². The summed E-state index contributed by atoms with van der Waals surface area (Å²) in [6.45, 7) is 3.34. The van der Waals surface area contributed by atoms with Crippen LogP contribution in [-0.4, -0.2) is 30.4 Å². The summed E-state index contributed by atoms with van der Waals surface area (Å²) >= 11 is 0. The maximum atomic E-state index is 13.0. The number of carbonyl (C=O) groups is 1. The summed E-state index contributed by atoms with van der Waals surface area (Å²) in [6.07, 6.45) is 0.968.